The van der Waals surface area contributed by atoms with Crippen molar-refractivity contribution in [3.05, 3.63) is 81.5 Å². The molecule has 1 N–H and O–H groups in total. The Kier molecular flexibility index (Phi) is 5.83. The van der Waals surface area contributed by atoms with Gasteiger partial charge in [0.25, 0.3) is 5.91 Å². The third-order valence-electron chi connectivity index (χ3n) is 5.54. The monoisotopic (exact) mass is 428 g/mol. The number of hydrogen-bond donors (Lipinski definition) is 1. The quantitative estimate of drug-likeness (QED) is 0.678. The fourth-order valence-electron chi connectivity index (χ4n) is 3.91. The van der Waals surface area contributed by atoms with Gasteiger partial charge in [0, 0.05) is 30.6 Å². The van der Waals surface area contributed by atoms with E-state index < -0.39 is 17.5 Å². The van der Waals surface area contributed by atoms with Crippen LogP contribution in [0.3, 0.4) is 0 Å². The molecule has 0 radical (unpaired) electrons. The number of H-pyrrole nitrogens is 1. The summed E-state index contributed by atoms with van der Waals surface area (Å²) >= 11 is 0. The third kappa shape index (κ3) is 4.50. The maximum atomic E-state index is 13.4. The highest BCUT2D eigenvalue weighted by molar-refractivity contribution is 5.94. The molecule has 0 unspecified atom stereocenters. The van der Waals surface area contributed by atoms with Crippen LogP contribution in [0.25, 0.3) is 0 Å². The molecule has 7 nitrogen and oxygen atoms in total. The van der Waals surface area contributed by atoms with E-state index in [-0.39, 0.29) is 17.2 Å². The molecule has 1 saturated heterocycles. The van der Waals surface area contributed by atoms with Crippen molar-refractivity contribution in [2.75, 3.05) is 20.2 Å². The number of carbonyl (C=O) groups is 1. The van der Waals surface area contributed by atoms with E-state index in [1.807, 2.05) is 24.3 Å². The molecule has 162 valence electrons. The second-order valence-corrected chi connectivity index (χ2v) is 7.55. The predicted octanol–water partition coefficient (Wildman–Crippen LogP) is 2.93. The second kappa shape index (κ2) is 8.71. The second-order valence-electron chi connectivity index (χ2n) is 7.55. The molecule has 1 amide bonds. The summed E-state index contributed by atoms with van der Waals surface area (Å²) in [7, 11) is 1.59. The number of hydrogen-bond acceptors (Lipinski definition) is 4. The highest BCUT2D eigenvalue weighted by atomic mass is 19.1. The molecule has 1 aliphatic rings. The zero-order valence-electron chi connectivity index (χ0n) is 17.0. The Labute approximate surface area is 177 Å². The highest BCUT2D eigenvalue weighted by Crippen LogP contribution is 2.27. The number of rotatable bonds is 5. The number of aromatic nitrogens is 3. The molecule has 3 aromatic rings. The fraction of sp³-hybridized carbons (Fsp3) is 0.318. The van der Waals surface area contributed by atoms with E-state index in [1.165, 1.54) is 0 Å². The van der Waals surface area contributed by atoms with Gasteiger partial charge in [0.05, 0.1) is 13.7 Å². The van der Waals surface area contributed by atoms with Crippen LogP contribution < -0.4 is 10.4 Å². The highest BCUT2D eigenvalue weighted by Gasteiger charge is 2.28. The largest absolute Gasteiger partial charge is 0.497 e. The topological polar surface area (TPSA) is 80.2 Å². The van der Waals surface area contributed by atoms with Gasteiger partial charge in [-0.15, -0.1) is 0 Å². The molecule has 9 heteroatoms. The van der Waals surface area contributed by atoms with Crippen molar-refractivity contribution in [2.24, 2.45) is 0 Å². The number of carbonyl (C=O) groups excluding carboxylic acids is 1. The molecule has 0 spiro atoms. The van der Waals surface area contributed by atoms with Crippen molar-refractivity contribution in [1.82, 2.24) is 19.7 Å². The van der Waals surface area contributed by atoms with Crippen LogP contribution in [0.2, 0.25) is 0 Å². The summed E-state index contributed by atoms with van der Waals surface area (Å²) < 4.78 is 33.7. The van der Waals surface area contributed by atoms with Crippen LogP contribution >= 0.6 is 0 Å². The number of methoxy groups -OCH3 is 1. The minimum absolute atomic E-state index is 0.00728. The number of aromatic amines is 1. The van der Waals surface area contributed by atoms with Gasteiger partial charge in [-0.3, -0.25) is 9.36 Å². The number of nitrogens with zero attached hydrogens (tertiary/aromatic N) is 3. The summed E-state index contributed by atoms with van der Waals surface area (Å²) in [4.78, 5) is 26.5. The summed E-state index contributed by atoms with van der Waals surface area (Å²) in [5.41, 5.74) is 0.637. The van der Waals surface area contributed by atoms with E-state index >= 15 is 0 Å². The SMILES string of the molecule is COc1ccc(Cn2c(C3CCN(C(=O)c4cc(F)cc(F)c4)CC3)n[nH]c2=O)cc1. The number of nitrogens with one attached hydrogen (secondary N) is 1. The molecular weight excluding hydrogens is 406 g/mol. The van der Waals surface area contributed by atoms with Crippen molar-refractivity contribution < 1.29 is 18.3 Å². The van der Waals surface area contributed by atoms with Gasteiger partial charge in [0.2, 0.25) is 0 Å². The molecule has 0 atom stereocenters. The summed E-state index contributed by atoms with van der Waals surface area (Å²) in [6.45, 7) is 1.19. The zero-order valence-corrected chi connectivity index (χ0v) is 17.0. The van der Waals surface area contributed by atoms with E-state index in [1.54, 1.807) is 16.6 Å². The lowest BCUT2D eigenvalue weighted by molar-refractivity contribution is 0.0709. The average molecular weight is 428 g/mol. The normalized spacial score (nSPS) is 14.6. The van der Waals surface area contributed by atoms with Crippen molar-refractivity contribution in [2.45, 2.75) is 25.3 Å². The smallest absolute Gasteiger partial charge is 0.343 e. The van der Waals surface area contributed by atoms with Gasteiger partial charge in [0.1, 0.15) is 23.2 Å². The Hall–Kier alpha value is -3.49. The Bertz CT molecular complexity index is 1110. The molecule has 31 heavy (non-hydrogen) atoms. The van der Waals surface area contributed by atoms with Gasteiger partial charge >= 0.3 is 5.69 Å². The Morgan fingerprint density at radius 1 is 1.13 bits per heavy atom. The number of piperidine rings is 1. The minimum atomic E-state index is -0.780. The number of halogens is 2. The van der Waals surface area contributed by atoms with Crippen LogP contribution in [0, 0.1) is 11.6 Å². The van der Waals surface area contributed by atoms with Crippen LogP contribution in [0.15, 0.2) is 47.3 Å². The van der Waals surface area contributed by atoms with Crippen molar-refractivity contribution >= 4 is 5.91 Å². The molecule has 0 saturated carbocycles. The maximum Gasteiger partial charge on any atom is 0.343 e. The number of benzene rings is 2. The summed E-state index contributed by atoms with van der Waals surface area (Å²) in [6.07, 6.45) is 1.19. The van der Waals surface area contributed by atoms with Gasteiger partial charge in [-0.25, -0.2) is 18.7 Å². The molecule has 1 aliphatic heterocycles. The Morgan fingerprint density at radius 2 is 1.77 bits per heavy atom. The molecule has 1 aromatic heterocycles. The standard InChI is InChI=1S/C22H22F2N4O3/c1-31-19-4-2-14(3-5-19)13-28-20(25-26-22(28)30)15-6-8-27(9-7-15)21(29)16-10-17(23)12-18(24)11-16/h2-5,10-12,15H,6-9,13H2,1H3,(H,26,30). The molecule has 0 bridgehead atoms. The van der Waals surface area contributed by atoms with Crippen LogP contribution in [-0.4, -0.2) is 45.8 Å². The van der Waals surface area contributed by atoms with Crippen LogP contribution in [0.5, 0.6) is 5.75 Å². The molecule has 2 heterocycles. The van der Waals surface area contributed by atoms with E-state index in [0.717, 1.165) is 29.5 Å². The van der Waals surface area contributed by atoms with E-state index in [4.69, 9.17) is 4.74 Å². The first-order chi connectivity index (χ1) is 14.9. The summed E-state index contributed by atoms with van der Waals surface area (Å²) in [6, 6.07) is 10.3. The van der Waals surface area contributed by atoms with Gasteiger partial charge in [-0.2, -0.15) is 5.10 Å². The Morgan fingerprint density at radius 3 is 2.39 bits per heavy atom. The van der Waals surface area contributed by atoms with Crippen molar-refractivity contribution in [1.29, 1.82) is 0 Å². The van der Waals surface area contributed by atoms with E-state index in [0.29, 0.717) is 38.3 Å². The van der Waals surface area contributed by atoms with E-state index in [2.05, 4.69) is 10.2 Å². The van der Waals surface area contributed by atoms with Gasteiger partial charge in [0.15, 0.2) is 0 Å². The summed E-state index contributed by atoms with van der Waals surface area (Å²) in [5.74, 6) is -0.599. The van der Waals surface area contributed by atoms with Crippen molar-refractivity contribution in [3.63, 3.8) is 0 Å². The number of likely N-dealkylation sites (tertiary alicyclic amines) is 1. The molecule has 1 fully saturated rings. The first-order valence-corrected chi connectivity index (χ1v) is 9.98. The van der Waals surface area contributed by atoms with Crippen LogP contribution in [0.4, 0.5) is 8.78 Å². The molecule has 2 aromatic carbocycles. The number of amides is 1. The lowest BCUT2D eigenvalue weighted by Gasteiger charge is -2.31. The summed E-state index contributed by atoms with van der Waals surface area (Å²) in [5, 5.41) is 6.74. The predicted molar refractivity (Wildman–Crippen MR) is 109 cm³/mol. The Balaban J connectivity index is 1.45. The zero-order chi connectivity index (χ0) is 22.0. The number of ether oxygens (including phenoxy) is 1. The third-order valence-corrected chi connectivity index (χ3v) is 5.54. The minimum Gasteiger partial charge on any atom is -0.497 e. The molecule has 4 rings (SSSR count). The first kappa shape index (κ1) is 20.8. The molecule has 0 aliphatic carbocycles. The van der Waals surface area contributed by atoms with Crippen LogP contribution in [-0.2, 0) is 6.54 Å². The fourth-order valence-corrected chi connectivity index (χ4v) is 3.91. The van der Waals surface area contributed by atoms with Gasteiger partial charge in [-0.05, 0) is 42.7 Å². The van der Waals surface area contributed by atoms with Gasteiger partial charge < -0.3 is 9.64 Å². The lowest BCUT2D eigenvalue weighted by Crippen LogP contribution is -2.38. The van der Waals surface area contributed by atoms with E-state index in [9.17, 15) is 18.4 Å². The lowest BCUT2D eigenvalue weighted by atomic mass is 9.95. The van der Waals surface area contributed by atoms with Crippen molar-refractivity contribution in [3.8, 4) is 5.75 Å². The average Bonchev–Trinajstić information content (AvgIpc) is 3.13. The first-order valence-electron chi connectivity index (χ1n) is 9.98. The van der Waals surface area contributed by atoms with Crippen LogP contribution in [0.1, 0.15) is 40.5 Å². The molecular formula is C22H22F2N4O3. The van der Waals surface area contributed by atoms with Gasteiger partial charge in [-0.1, -0.05) is 12.1 Å². The maximum absolute atomic E-state index is 13.4.